The highest BCUT2D eigenvalue weighted by Crippen LogP contribution is 2.27. The van der Waals surface area contributed by atoms with E-state index in [9.17, 15) is 4.79 Å². The average Bonchev–Trinajstić information content (AvgIpc) is 2.82. The van der Waals surface area contributed by atoms with Crippen LogP contribution in [0, 0.1) is 5.92 Å². The number of rotatable bonds is 7. The number of carbonyl (C=O) groups excluding carboxylic acids is 1. The Bertz CT molecular complexity index is 444. The van der Waals surface area contributed by atoms with Gasteiger partial charge in [-0.25, -0.2) is 0 Å². The topological polar surface area (TPSA) is 32.3 Å². The maximum Gasteiger partial charge on any atom is 0.245 e. The van der Waals surface area contributed by atoms with Gasteiger partial charge >= 0.3 is 0 Å². The van der Waals surface area contributed by atoms with Gasteiger partial charge in [0.2, 0.25) is 5.91 Å². The van der Waals surface area contributed by atoms with Crippen molar-refractivity contribution in [2.24, 2.45) is 5.92 Å². The minimum atomic E-state index is -0.176. The molecule has 1 heterocycles. The highest BCUT2D eigenvalue weighted by atomic mass is 16.2. The van der Waals surface area contributed by atoms with Crippen LogP contribution in [0.25, 0.3) is 0 Å². The molecule has 0 aliphatic carbocycles. The Morgan fingerprint density at radius 3 is 2.48 bits per heavy atom. The molecule has 0 saturated carbocycles. The third-order valence-corrected chi connectivity index (χ3v) is 4.22. The van der Waals surface area contributed by atoms with Gasteiger partial charge in [0.05, 0.1) is 6.17 Å². The van der Waals surface area contributed by atoms with E-state index in [1.165, 1.54) is 19.3 Å². The second-order valence-corrected chi connectivity index (χ2v) is 6.29. The van der Waals surface area contributed by atoms with E-state index in [0.29, 0.717) is 5.92 Å². The summed E-state index contributed by atoms with van der Waals surface area (Å²) in [5.41, 5.74) is 1.07. The van der Waals surface area contributed by atoms with Gasteiger partial charge in [-0.15, -0.1) is 0 Å². The number of nitrogens with one attached hydrogen (secondary N) is 1. The molecule has 0 aromatic heterocycles. The van der Waals surface area contributed by atoms with Crippen molar-refractivity contribution >= 4 is 5.91 Å². The van der Waals surface area contributed by atoms with Crippen LogP contribution < -0.4 is 5.32 Å². The summed E-state index contributed by atoms with van der Waals surface area (Å²) < 4.78 is 0. The zero-order chi connectivity index (χ0) is 15.2. The number of nitrogens with zero attached hydrogens (tertiary/aromatic N) is 1. The lowest BCUT2D eigenvalue weighted by molar-refractivity contribution is -0.130. The minimum Gasteiger partial charge on any atom is -0.325 e. The zero-order valence-corrected chi connectivity index (χ0v) is 13.5. The summed E-state index contributed by atoms with van der Waals surface area (Å²) in [7, 11) is 0. The van der Waals surface area contributed by atoms with Gasteiger partial charge in [-0.1, -0.05) is 70.4 Å². The minimum absolute atomic E-state index is 0.157. The van der Waals surface area contributed by atoms with E-state index < -0.39 is 0 Å². The van der Waals surface area contributed by atoms with Gasteiger partial charge < -0.3 is 4.90 Å². The molecule has 3 heteroatoms. The molecule has 1 amide bonds. The fourth-order valence-corrected chi connectivity index (χ4v) is 3.03. The van der Waals surface area contributed by atoms with E-state index in [1.54, 1.807) is 0 Å². The summed E-state index contributed by atoms with van der Waals surface area (Å²) in [5, 5.41) is 3.52. The molecule has 116 valence electrons. The van der Waals surface area contributed by atoms with Crippen LogP contribution in [0.5, 0.6) is 0 Å². The Morgan fingerprint density at radius 2 is 1.86 bits per heavy atom. The third-order valence-electron chi connectivity index (χ3n) is 4.22. The molecule has 1 aromatic rings. The number of carbonyl (C=O) groups is 1. The lowest BCUT2D eigenvalue weighted by Crippen LogP contribution is -2.41. The standard InChI is InChI=1S/C18H28N2O/c1-4-5-6-10-13-20-17(14(2)3)19-16(18(20)21)15-11-8-7-9-12-15/h7-9,11-12,14,16-17,19H,4-6,10,13H2,1-3H3. The largest absolute Gasteiger partial charge is 0.325 e. The molecule has 0 spiro atoms. The first kappa shape index (κ1) is 16.0. The Labute approximate surface area is 128 Å². The molecule has 1 aliphatic heterocycles. The molecule has 2 unspecified atom stereocenters. The van der Waals surface area contributed by atoms with Crippen LogP contribution in [-0.4, -0.2) is 23.5 Å². The molecule has 1 aliphatic rings. The van der Waals surface area contributed by atoms with Gasteiger partial charge in [0.15, 0.2) is 0 Å². The lowest BCUT2D eigenvalue weighted by Gasteiger charge is -2.27. The van der Waals surface area contributed by atoms with Crippen molar-refractivity contribution < 1.29 is 4.79 Å². The monoisotopic (exact) mass is 288 g/mol. The summed E-state index contributed by atoms with van der Waals surface area (Å²) in [5.74, 6) is 0.658. The molecule has 21 heavy (non-hydrogen) atoms. The fourth-order valence-electron chi connectivity index (χ4n) is 3.03. The summed E-state index contributed by atoms with van der Waals surface area (Å²) in [4.78, 5) is 14.8. The molecule has 0 radical (unpaired) electrons. The number of benzene rings is 1. The van der Waals surface area contributed by atoms with Crippen molar-refractivity contribution in [1.82, 2.24) is 10.2 Å². The average molecular weight is 288 g/mol. The van der Waals surface area contributed by atoms with Crippen LogP contribution >= 0.6 is 0 Å². The number of hydrogen-bond acceptors (Lipinski definition) is 2. The Balaban J connectivity index is 2.06. The Hall–Kier alpha value is -1.35. The van der Waals surface area contributed by atoms with Gasteiger partial charge in [0, 0.05) is 6.54 Å². The zero-order valence-electron chi connectivity index (χ0n) is 13.5. The molecule has 1 N–H and O–H groups in total. The first-order valence-electron chi connectivity index (χ1n) is 8.26. The number of unbranched alkanes of at least 4 members (excludes halogenated alkanes) is 3. The van der Waals surface area contributed by atoms with Gasteiger partial charge in [-0.2, -0.15) is 0 Å². The molecular formula is C18H28N2O. The van der Waals surface area contributed by atoms with E-state index >= 15 is 0 Å². The summed E-state index contributed by atoms with van der Waals surface area (Å²) in [6.07, 6.45) is 4.95. The van der Waals surface area contributed by atoms with Crippen molar-refractivity contribution in [3.8, 4) is 0 Å². The van der Waals surface area contributed by atoms with Crippen LogP contribution in [-0.2, 0) is 4.79 Å². The van der Waals surface area contributed by atoms with Gasteiger partial charge in [-0.05, 0) is 17.9 Å². The smallest absolute Gasteiger partial charge is 0.245 e. The third kappa shape index (κ3) is 3.85. The maximum absolute atomic E-state index is 12.7. The predicted octanol–water partition coefficient (Wildman–Crippen LogP) is 3.72. The second-order valence-electron chi connectivity index (χ2n) is 6.29. The molecule has 0 bridgehead atoms. The first-order valence-corrected chi connectivity index (χ1v) is 8.26. The van der Waals surface area contributed by atoms with Gasteiger partial charge in [-0.3, -0.25) is 10.1 Å². The van der Waals surface area contributed by atoms with E-state index in [2.05, 4.69) is 31.0 Å². The van der Waals surface area contributed by atoms with Crippen LogP contribution in [0.15, 0.2) is 30.3 Å². The van der Waals surface area contributed by atoms with Crippen molar-refractivity contribution in [2.75, 3.05) is 6.54 Å². The highest BCUT2D eigenvalue weighted by Gasteiger charge is 2.40. The van der Waals surface area contributed by atoms with E-state index in [0.717, 1.165) is 18.5 Å². The van der Waals surface area contributed by atoms with E-state index in [1.807, 2.05) is 30.3 Å². The summed E-state index contributed by atoms with van der Waals surface area (Å²) in [6, 6.07) is 9.88. The van der Waals surface area contributed by atoms with Gasteiger partial charge in [0.25, 0.3) is 0 Å². The maximum atomic E-state index is 12.7. The van der Waals surface area contributed by atoms with E-state index in [4.69, 9.17) is 0 Å². The van der Waals surface area contributed by atoms with Crippen LogP contribution in [0.2, 0.25) is 0 Å². The molecular weight excluding hydrogens is 260 g/mol. The Kier molecular flexibility index (Phi) is 5.80. The lowest BCUT2D eigenvalue weighted by atomic mass is 10.1. The van der Waals surface area contributed by atoms with Crippen LogP contribution in [0.3, 0.4) is 0 Å². The summed E-state index contributed by atoms with van der Waals surface area (Å²) >= 11 is 0. The van der Waals surface area contributed by atoms with E-state index in [-0.39, 0.29) is 18.1 Å². The predicted molar refractivity (Wildman–Crippen MR) is 86.8 cm³/mol. The second kappa shape index (κ2) is 7.60. The molecule has 2 atom stereocenters. The van der Waals surface area contributed by atoms with Crippen molar-refractivity contribution in [3.63, 3.8) is 0 Å². The van der Waals surface area contributed by atoms with Crippen LogP contribution in [0.1, 0.15) is 58.1 Å². The molecule has 1 saturated heterocycles. The molecule has 1 aromatic carbocycles. The van der Waals surface area contributed by atoms with Crippen molar-refractivity contribution in [2.45, 2.75) is 58.7 Å². The number of hydrogen-bond donors (Lipinski definition) is 1. The molecule has 2 rings (SSSR count). The van der Waals surface area contributed by atoms with Gasteiger partial charge in [0.1, 0.15) is 6.04 Å². The van der Waals surface area contributed by atoms with Crippen molar-refractivity contribution in [1.29, 1.82) is 0 Å². The first-order chi connectivity index (χ1) is 10.1. The number of amides is 1. The highest BCUT2D eigenvalue weighted by molar-refractivity contribution is 5.85. The fraction of sp³-hybridized carbons (Fsp3) is 0.611. The normalized spacial score (nSPS) is 22.3. The quantitative estimate of drug-likeness (QED) is 0.776. The Morgan fingerprint density at radius 1 is 1.14 bits per heavy atom. The SMILES string of the molecule is CCCCCCN1C(=O)C(c2ccccc2)NC1C(C)C. The van der Waals surface area contributed by atoms with Crippen molar-refractivity contribution in [3.05, 3.63) is 35.9 Å². The molecule has 3 nitrogen and oxygen atoms in total. The van der Waals surface area contributed by atoms with Crippen LogP contribution in [0.4, 0.5) is 0 Å². The molecule has 1 fully saturated rings. The summed E-state index contributed by atoms with van der Waals surface area (Å²) in [6.45, 7) is 7.44.